The van der Waals surface area contributed by atoms with Crippen molar-refractivity contribution in [3.63, 3.8) is 0 Å². The van der Waals surface area contributed by atoms with Gasteiger partial charge in [0.15, 0.2) is 0 Å². The van der Waals surface area contributed by atoms with Crippen LogP contribution in [0.1, 0.15) is 23.5 Å². The molecule has 1 aliphatic rings. The van der Waals surface area contributed by atoms with E-state index in [4.69, 9.17) is 11.6 Å². The summed E-state index contributed by atoms with van der Waals surface area (Å²) in [4.78, 5) is 4.16. The molecule has 0 radical (unpaired) electrons. The molecule has 1 N–H and O–H groups in total. The van der Waals surface area contributed by atoms with Gasteiger partial charge in [-0.3, -0.25) is 0 Å². The lowest BCUT2D eigenvalue weighted by Gasteiger charge is -2.09. The minimum absolute atomic E-state index is 0.620. The fraction of sp³-hybridized carbons (Fsp3) is 0.500. The molecule has 70 valence electrons. The molecule has 0 bridgehead atoms. The van der Waals surface area contributed by atoms with Crippen molar-refractivity contribution in [2.24, 2.45) is 0 Å². The first-order chi connectivity index (χ1) is 6.27. The summed E-state index contributed by atoms with van der Waals surface area (Å²) in [5.41, 5.74) is 2.39. The van der Waals surface area contributed by atoms with Crippen molar-refractivity contribution >= 4 is 11.6 Å². The number of aryl methyl sites for hydroxylation is 1. The van der Waals surface area contributed by atoms with Crippen LogP contribution in [0.3, 0.4) is 0 Å². The number of rotatable bonds is 1. The number of halogens is 1. The molecule has 13 heavy (non-hydrogen) atoms. The Labute approximate surface area is 83.3 Å². The summed E-state index contributed by atoms with van der Waals surface area (Å²) in [6.45, 7) is 4.19. The van der Waals surface area contributed by atoms with Crippen LogP contribution in [0.2, 0.25) is 5.15 Å². The molecule has 1 fully saturated rings. The third-order valence-corrected chi connectivity index (χ3v) is 2.96. The molecule has 0 saturated carbocycles. The lowest BCUT2D eigenvalue weighted by atomic mass is 9.99. The summed E-state index contributed by atoms with van der Waals surface area (Å²) in [5.74, 6) is 0.628. The van der Waals surface area contributed by atoms with Crippen molar-refractivity contribution < 1.29 is 0 Å². The Kier molecular flexibility index (Phi) is 2.51. The average Bonchev–Trinajstić information content (AvgIpc) is 2.62. The van der Waals surface area contributed by atoms with Crippen molar-refractivity contribution in [2.75, 3.05) is 13.1 Å². The van der Waals surface area contributed by atoms with Gasteiger partial charge >= 0.3 is 0 Å². The Morgan fingerprint density at radius 2 is 2.46 bits per heavy atom. The van der Waals surface area contributed by atoms with Crippen LogP contribution in [0.5, 0.6) is 0 Å². The molecule has 3 heteroatoms. The van der Waals surface area contributed by atoms with E-state index in [0.717, 1.165) is 18.7 Å². The van der Waals surface area contributed by atoms with Crippen LogP contribution in [0.4, 0.5) is 0 Å². The lowest BCUT2D eigenvalue weighted by molar-refractivity contribution is 0.757. The van der Waals surface area contributed by atoms with Gasteiger partial charge in [-0.2, -0.15) is 0 Å². The van der Waals surface area contributed by atoms with E-state index in [1.54, 1.807) is 0 Å². The first-order valence-corrected chi connectivity index (χ1v) is 4.98. The first-order valence-electron chi connectivity index (χ1n) is 4.60. The van der Waals surface area contributed by atoms with Gasteiger partial charge in [0.1, 0.15) is 5.15 Å². The van der Waals surface area contributed by atoms with E-state index < -0.39 is 0 Å². The third-order valence-electron chi connectivity index (χ3n) is 2.57. The predicted octanol–water partition coefficient (Wildman–Crippen LogP) is 2.12. The quantitative estimate of drug-likeness (QED) is 0.697. The van der Waals surface area contributed by atoms with Gasteiger partial charge in [-0.15, -0.1) is 0 Å². The maximum Gasteiger partial charge on any atom is 0.131 e. The van der Waals surface area contributed by atoms with Crippen LogP contribution in [-0.4, -0.2) is 18.1 Å². The Balaban J connectivity index is 2.25. The van der Waals surface area contributed by atoms with Gasteiger partial charge in [0.2, 0.25) is 0 Å². The molecular formula is C10H13ClN2. The average molecular weight is 197 g/mol. The number of aromatic nitrogens is 1. The number of pyridine rings is 1. The normalized spacial score (nSPS) is 22.2. The van der Waals surface area contributed by atoms with Gasteiger partial charge in [0.05, 0.1) is 0 Å². The molecule has 0 aromatic carbocycles. The Hall–Kier alpha value is -0.600. The monoisotopic (exact) mass is 196 g/mol. The van der Waals surface area contributed by atoms with E-state index >= 15 is 0 Å². The summed E-state index contributed by atoms with van der Waals surface area (Å²) in [6.07, 6.45) is 3.11. The van der Waals surface area contributed by atoms with Crippen LogP contribution >= 0.6 is 11.6 Å². The molecule has 1 aromatic heterocycles. The summed E-state index contributed by atoms with van der Waals surface area (Å²) in [5, 5.41) is 3.96. The third kappa shape index (κ3) is 1.84. The maximum absolute atomic E-state index is 5.86. The highest BCUT2D eigenvalue weighted by atomic mass is 35.5. The molecule has 2 heterocycles. The highest BCUT2D eigenvalue weighted by molar-refractivity contribution is 6.30. The molecule has 1 saturated heterocycles. The zero-order valence-corrected chi connectivity index (χ0v) is 8.43. The fourth-order valence-electron chi connectivity index (χ4n) is 1.74. The molecular weight excluding hydrogens is 184 g/mol. The summed E-state index contributed by atoms with van der Waals surface area (Å²) >= 11 is 5.86. The van der Waals surface area contributed by atoms with Crippen LogP contribution in [-0.2, 0) is 0 Å². The van der Waals surface area contributed by atoms with Crippen molar-refractivity contribution in [1.82, 2.24) is 10.3 Å². The SMILES string of the molecule is Cc1cc(C2CCNC2)cnc1Cl. The number of nitrogens with zero attached hydrogens (tertiary/aromatic N) is 1. The lowest BCUT2D eigenvalue weighted by Crippen LogP contribution is -2.08. The largest absolute Gasteiger partial charge is 0.316 e. The number of hydrogen-bond donors (Lipinski definition) is 1. The van der Waals surface area contributed by atoms with Crippen molar-refractivity contribution in [1.29, 1.82) is 0 Å². The molecule has 1 aromatic rings. The van der Waals surface area contributed by atoms with E-state index in [1.807, 2.05) is 13.1 Å². The summed E-state index contributed by atoms with van der Waals surface area (Å²) < 4.78 is 0. The van der Waals surface area contributed by atoms with Gasteiger partial charge in [-0.25, -0.2) is 4.98 Å². The maximum atomic E-state index is 5.86. The first kappa shape index (κ1) is 8.97. The molecule has 0 aliphatic carbocycles. The number of hydrogen-bond acceptors (Lipinski definition) is 2. The van der Waals surface area contributed by atoms with E-state index in [9.17, 15) is 0 Å². The number of nitrogens with one attached hydrogen (secondary N) is 1. The van der Waals surface area contributed by atoms with Crippen LogP contribution in [0.15, 0.2) is 12.3 Å². The minimum Gasteiger partial charge on any atom is -0.316 e. The van der Waals surface area contributed by atoms with Gasteiger partial charge < -0.3 is 5.32 Å². The van der Waals surface area contributed by atoms with E-state index in [-0.39, 0.29) is 0 Å². The molecule has 1 aliphatic heterocycles. The fourth-order valence-corrected chi connectivity index (χ4v) is 1.85. The smallest absolute Gasteiger partial charge is 0.131 e. The predicted molar refractivity (Wildman–Crippen MR) is 54.2 cm³/mol. The second-order valence-electron chi connectivity index (χ2n) is 3.57. The molecule has 1 unspecified atom stereocenters. The van der Waals surface area contributed by atoms with Crippen LogP contribution < -0.4 is 5.32 Å². The van der Waals surface area contributed by atoms with Gasteiger partial charge in [-0.1, -0.05) is 17.7 Å². The Bertz CT molecular complexity index is 306. The van der Waals surface area contributed by atoms with E-state index in [0.29, 0.717) is 11.1 Å². The van der Waals surface area contributed by atoms with Crippen molar-refractivity contribution in [2.45, 2.75) is 19.3 Å². The van der Waals surface area contributed by atoms with E-state index in [2.05, 4.69) is 16.4 Å². The summed E-state index contributed by atoms with van der Waals surface area (Å²) in [7, 11) is 0. The molecule has 2 rings (SSSR count). The second-order valence-corrected chi connectivity index (χ2v) is 3.92. The zero-order chi connectivity index (χ0) is 9.26. The van der Waals surface area contributed by atoms with Gasteiger partial charge in [-0.05, 0) is 36.9 Å². The Morgan fingerprint density at radius 1 is 1.62 bits per heavy atom. The van der Waals surface area contributed by atoms with Crippen molar-refractivity contribution in [3.05, 3.63) is 28.5 Å². The highest BCUT2D eigenvalue weighted by Gasteiger charge is 2.17. The van der Waals surface area contributed by atoms with Gasteiger partial charge in [0.25, 0.3) is 0 Å². The van der Waals surface area contributed by atoms with Crippen LogP contribution in [0, 0.1) is 6.92 Å². The minimum atomic E-state index is 0.620. The zero-order valence-electron chi connectivity index (χ0n) is 7.68. The van der Waals surface area contributed by atoms with Crippen molar-refractivity contribution in [3.8, 4) is 0 Å². The van der Waals surface area contributed by atoms with E-state index in [1.165, 1.54) is 12.0 Å². The van der Waals surface area contributed by atoms with Crippen LogP contribution in [0.25, 0.3) is 0 Å². The highest BCUT2D eigenvalue weighted by Crippen LogP contribution is 2.24. The molecule has 0 amide bonds. The Morgan fingerprint density at radius 3 is 3.08 bits per heavy atom. The molecule has 2 nitrogen and oxygen atoms in total. The molecule has 0 spiro atoms. The topological polar surface area (TPSA) is 24.9 Å². The molecule has 1 atom stereocenters. The second kappa shape index (κ2) is 3.64. The van der Waals surface area contributed by atoms with Gasteiger partial charge in [0, 0.05) is 12.7 Å². The summed E-state index contributed by atoms with van der Waals surface area (Å²) in [6, 6.07) is 2.15. The standard InChI is InChI=1S/C10H13ClN2/c1-7-4-9(6-13-10(7)11)8-2-3-12-5-8/h4,6,8,12H,2-3,5H2,1H3.